The van der Waals surface area contributed by atoms with Gasteiger partial charge in [0.2, 0.25) is 0 Å². The van der Waals surface area contributed by atoms with Crippen LogP contribution >= 0.6 is 0 Å². The van der Waals surface area contributed by atoms with E-state index < -0.39 is 0 Å². The zero-order valence-electron chi connectivity index (χ0n) is 12.2. The quantitative estimate of drug-likeness (QED) is 0.555. The minimum absolute atomic E-state index is 0.0122. The van der Waals surface area contributed by atoms with Crippen molar-refractivity contribution in [1.29, 1.82) is 5.41 Å². The minimum atomic E-state index is -0.209. The Balaban J connectivity index is 2.47. The van der Waals surface area contributed by atoms with E-state index in [-0.39, 0.29) is 24.6 Å². The molecule has 0 aliphatic carbocycles. The van der Waals surface area contributed by atoms with E-state index in [4.69, 9.17) is 15.9 Å². The number of morpholine rings is 1. The second-order valence-electron chi connectivity index (χ2n) is 5.30. The number of hydrogen-bond acceptors (Lipinski definition) is 5. The van der Waals surface area contributed by atoms with Crippen LogP contribution in [0.15, 0.2) is 6.07 Å². The number of aryl methyl sites for hydroxylation is 2. The van der Waals surface area contributed by atoms with Gasteiger partial charge < -0.3 is 20.5 Å². The van der Waals surface area contributed by atoms with Crippen molar-refractivity contribution in [2.75, 3.05) is 24.7 Å². The summed E-state index contributed by atoms with van der Waals surface area (Å²) in [6.45, 7) is 6.96. The number of rotatable bonds is 3. The molecule has 2 unspecified atom stereocenters. The van der Waals surface area contributed by atoms with Gasteiger partial charge in [0, 0.05) is 18.3 Å². The first-order valence-electron chi connectivity index (χ1n) is 6.75. The van der Waals surface area contributed by atoms with E-state index in [0.29, 0.717) is 18.7 Å². The summed E-state index contributed by atoms with van der Waals surface area (Å²) in [6.07, 6.45) is -0.209. The monoisotopic (exact) mass is 278 g/mol. The summed E-state index contributed by atoms with van der Waals surface area (Å²) in [5.74, 6) is 0.0178. The Kier molecular flexibility index (Phi) is 4.25. The van der Waals surface area contributed by atoms with Crippen molar-refractivity contribution >= 4 is 11.5 Å². The Labute approximate surface area is 119 Å². The second kappa shape index (κ2) is 5.76. The SMILES string of the molecule is Cc1cc(N2CC(CO)OCC2C)c(C(=N)N)c(C)n1. The van der Waals surface area contributed by atoms with Gasteiger partial charge in [0.15, 0.2) is 0 Å². The zero-order chi connectivity index (χ0) is 14.9. The topological polar surface area (TPSA) is 95.5 Å². The molecule has 0 spiro atoms. The van der Waals surface area contributed by atoms with Crippen LogP contribution in [-0.2, 0) is 4.74 Å². The molecule has 6 nitrogen and oxygen atoms in total. The third-order valence-corrected chi connectivity index (χ3v) is 3.60. The largest absolute Gasteiger partial charge is 0.394 e. The van der Waals surface area contributed by atoms with Crippen LogP contribution in [0.3, 0.4) is 0 Å². The van der Waals surface area contributed by atoms with Gasteiger partial charge >= 0.3 is 0 Å². The number of nitrogen functional groups attached to an aromatic ring is 1. The number of aromatic nitrogens is 1. The highest BCUT2D eigenvalue weighted by atomic mass is 16.5. The molecule has 2 heterocycles. The first kappa shape index (κ1) is 14.7. The van der Waals surface area contributed by atoms with E-state index in [1.54, 1.807) is 0 Å². The van der Waals surface area contributed by atoms with E-state index in [1.807, 2.05) is 19.9 Å². The minimum Gasteiger partial charge on any atom is -0.394 e. The number of amidine groups is 1. The highest BCUT2D eigenvalue weighted by molar-refractivity contribution is 6.01. The Bertz CT molecular complexity index is 518. The van der Waals surface area contributed by atoms with Gasteiger partial charge in [-0.1, -0.05) is 0 Å². The van der Waals surface area contributed by atoms with Gasteiger partial charge in [0.25, 0.3) is 0 Å². The molecule has 2 rings (SSSR count). The van der Waals surface area contributed by atoms with Crippen LogP contribution in [-0.4, -0.2) is 47.8 Å². The highest BCUT2D eigenvalue weighted by Crippen LogP contribution is 2.28. The number of nitrogens with zero attached hydrogens (tertiary/aromatic N) is 2. The Morgan fingerprint density at radius 2 is 2.30 bits per heavy atom. The maximum atomic E-state index is 9.30. The molecule has 1 fully saturated rings. The first-order chi connectivity index (χ1) is 9.43. The van der Waals surface area contributed by atoms with Crippen LogP contribution in [0.4, 0.5) is 5.69 Å². The Hall–Kier alpha value is -1.66. The lowest BCUT2D eigenvalue weighted by molar-refractivity contribution is -0.0103. The average molecular weight is 278 g/mol. The van der Waals surface area contributed by atoms with Crippen molar-refractivity contribution in [3.8, 4) is 0 Å². The molecule has 1 aromatic heterocycles. The van der Waals surface area contributed by atoms with E-state index in [2.05, 4.69) is 16.8 Å². The fourth-order valence-corrected chi connectivity index (χ4v) is 2.63. The summed E-state index contributed by atoms with van der Waals surface area (Å²) in [4.78, 5) is 6.53. The molecule has 0 amide bonds. The van der Waals surface area contributed by atoms with Crippen molar-refractivity contribution in [2.45, 2.75) is 32.9 Å². The predicted molar refractivity (Wildman–Crippen MR) is 78.4 cm³/mol. The summed E-state index contributed by atoms with van der Waals surface area (Å²) in [5, 5.41) is 17.1. The predicted octanol–water partition coefficient (Wildman–Crippen LogP) is 0.569. The molecule has 1 aromatic rings. The van der Waals surface area contributed by atoms with Gasteiger partial charge in [0.1, 0.15) is 5.84 Å². The molecule has 0 bridgehead atoms. The molecule has 0 aromatic carbocycles. The molecule has 0 radical (unpaired) electrons. The fraction of sp³-hybridized carbons (Fsp3) is 0.571. The maximum absolute atomic E-state index is 9.30. The number of pyridine rings is 1. The van der Waals surface area contributed by atoms with Crippen LogP contribution in [0.1, 0.15) is 23.9 Å². The van der Waals surface area contributed by atoms with Crippen molar-refractivity contribution in [1.82, 2.24) is 4.98 Å². The fourth-order valence-electron chi connectivity index (χ4n) is 2.63. The van der Waals surface area contributed by atoms with E-state index in [9.17, 15) is 5.11 Å². The molecular weight excluding hydrogens is 256 g/mol. The Morgan fingerprint density at radius 3 is 2.90 bits per heavy atom. The molecule has 6 heteroatoms. The summed E-state index contributed by atoms with van der Waals surface area (Å²) < 4.78 is 5.56. The average Bonchev–Trinajstić information content (AvgIpc) is 2.37. The molecule has 4 N–H and O–H groups in total. The third-order valence-electron chi connectivity index (χ3n) is 3.60. The standard InChI is InChI=1S/C14H22N4O2/c1-8-4-12(13(14(15)16)10(3)17-8)18-5-11(6-19)20-7-9(18)2/h4,9,11,19H,5-7H2,1-3H3,(H3,15,16). The number of anilines is 1. The van der Waals surface area contributed by atoms with Gasteiger partial charge in [0.05, 0.1) is 36.3 Å². The van der Waals surface area contributed by atoms with Gasteiger partial charge in [-0.2, -0.15) is 0 Å². The van der Waals surface area contributed by atoms with Crippen LogP contribution in [0, 0.1) is 19.3 Å². The smallest absolute Gasteiger partial charge is 0.126 e. The van der Waals surface area contributed by atoms with Crippen molar-refractivity contribution in [2.24, 2.45) is 5.73 Å². The molecule has 1 aliphatic rings. The van der Waals surface area contributed by atoms with E-state index in [1.165, 1.54) is 0 Å². The summed E-state index contributed by atoms with van der Waals surface area (Å²) in [6, 6.07) is 2.11. The molecule has 110 valence electrons. The van der Waals surface area contributed by atoms with Gasteiger partial charge in [-0.25, -0.2) is 0 Å². The molecule has 1 aliphatic heterocycles. The summed E-state index contributed by atoms with van der Waals surface area (Å²) >= 11 is 0. The number of nitrogens with two attached hydrogens (primary N) is 1. The lowest BCUT2D eigenvalue weighted by Gasteiger charge is -2.40. The number of aliphatic hydroxyl groups is 1. The van der Waals surface area contributed by atoms with Gasteiger partial charge in [-0.05, 0) is 26.8 Å². The van der Waals surface area contributed by atoms with Crippen LogP contribution < -0.4 is 10.6 Å². The zero-order valence-corrected chi connectivity index (χ0v) is 12.2. The molecular formula is C14H22N4O2. The van der Waals surface area contributed by atoms with E-state index >= 15 is 0 Å². The normalized spacial score (nSPS) is 22.9. The highest BCUT2D eigenvalue weighted by Gasteiger charge is 2.28. The van der Waals surface area contributed by atoms with Crippen molar-refractivity contribution < 1.29 is 9.84 Å². The van der Waals surface area contributed by atoms with Gasteiger partial charge in [-0.3, -0.25) is 10.4 Å². The maximum Gasteiger partial charge on any atom is 0.126 e. The molecule has 1 saturated heterocycles. The van der Waals surface area contributed by atoms with Crippen LogP contribution in [0.2, 0.25) is 0 Å². The number of nitrogens with one attached hydrogen (secondary N) is 1. The number of hydrogen-bond donors (Lipinski definition) is 3. The first-order valence-corrected chi connectivity index (χ1v) is 6.75. The molecule has 2 atom stereocenters. The Morgan fingerprint density at radius 1 is 1.60 bits per heavy atom. The van der Waals surface area contributed by atoms with Gasteiger partial charge in [-0.15, -0.1) is 0 Å². The second-order valence-corrected chi connectivity index (χ2v) is 5.30. The number of aliphatic hydroxyl groups excluding tert-OH is 1. The summed E-state index contributed by atoms with van der Waals surface area (Å²) in [7, 11) is 0. The van der Waals surface area contributed by atoms with Crippen molar-refractivity contribution in [3.05, 3.63) is 23.0 Å². The lowest BCUT2D eigenvalue weighted by Crippen LogP contribution is -2.50. The van der Waals surface area contributed by atoms with Crippen LogP contribution in [0.5, 0.6) is 0 Å². The van der Waals surface area contributed by atoms with Crippen molar-refractivity contribution in [3.63, 3.8) is 0 Å². The summed E-state index contributed by atoms with van der Waals surface area (Å²) in [5.41, 5.74) is 8.93. The van der Waals surface area contributed by atoms with E-state index in [0.717, 1.165) is 17.1 Å². The lowest BCUT2D eigenvalue weighted by atomic mass is 10.1. The van der Waals surface area contributed by atoms with Crippen LogP contribution in [0.25, 0.3) is 0 Å². The third kappa shape index (κ3) is 2.76. The molecule has 0 saturated carbocycles. The molecule has 20 heavy (non-hydrogen) atoms. The number of ether oxygens (including phenoxy) is 1.